The number of hydrogen-bond acceptors (Lipinski definition) is 3. The van der Waals surface area contributed by atoms with Gasteiger partial charge in [-0.25, -0.2) is 0 Å². The highest BCUT2D eigenvalue weighted by Gasteiger charge is 2.17. The average molecular weight is 300 g/mol. The lowest BCUT2D eigenvalue weighted by Crippen LogP contribution is -2.15. The highest BCUT2D eigenvalue weighted by molar-refractivity contribution is 6.34. The monoisotopic (exact) mass is 299 g/mol. The van der Waals surface area contributed by atoms with Crippen LogP contribution < -0.4 is 5.73 Å². The number of fused-ring (bicyclic) bond motifs is 1. The lowest BCUT2D eigenvalue weighted by atomic mass is 10.0. The van der Waals surface area contributed by atoms with Crippen molar-refractivity contribution in [1.82, 2.24) is 0 Å². The molecular formula is C17H14ClNO2. The lowest BCUT2D eigenvalue weighted by molar-refractivity contribution is 0.0949. The fraction of sp³-hybridized carbons (Fsp3) is 0.118. The second-order valence-corrected chi connectivity index (χ2v) is 5.32. The summed E-state index contributed by atoms with van der Waals surface area (Å²) in [4.78, 5) is 12.3. The van der Waals surface area contributed by atoms with E-state index < -0.39 is 0 Å². The van der Waals surface area contributed by atoms with Crippen molar-refractivity contribution in [3.8, 4) is 0 Å². The van der Waals surface area contributed by atoms with Crippen LogP contribution in [-0.4, -0.2) is 5.78 Å². The molecular weight excluding hydrogens is 286 g/mol. The SMILES string of the molecule is NC(CC(=O)c1cc2cccc(Cl)c2o1)c1ccccc1. The third-order valence-corrected chi connectivity index (χ3v) is 3.70. The van der Waals surface area contributed by atoms with Gasteiger partial charge in [0.15, 0.2) is 17.1 Å². The van der Waals surface area contributed by atoms with Crippen LogP contribution in [0, 0.1) is 0 Å². The Balaban J connectivity index is 1.82. The average Bonchev–Trinajstić information content (AvgIpc) is 2.94. The number of carbonyl (C=O) groups excluding carboxylic acids is 1. The van der Waals surface area contributed by atoms with Gasteiger partial charge in [-0.2, -0.15) is 0 Å². The molecule has 1 heterocycles. The molecule has 0 spiro atoms. The van der Waals surface area contributed by atoms with Gasteiger partial charge in [-0.1, -0.05) is 54.1 Å². The molecule has 0 aliphatic heterocycles. The highest BCUT2D eigenvalue weighted by atomic mass is 35.5. The summed E-state index contributed by atoms with van der Waals surface area (Å²) in [6, 6.07) is 16.3. The number of furan rings is 1. The minimum Gasteiger partial charge on any atom is -0.451 e. The fourth-order valence-corrected chi connectivity index (χ4v) is 2.50. The van der Waals surface area contributed by atoms with Gasteiger partial charge in [0.1, 0.15) is 0 Å². The first-order valence-electron chi connectivity index (χ1n) is 6.67. The quantitative estimate of drug-likeness (QED) is 0.728. The van der Waals surface area contributed by atoms with Gasteiger partial charge in [-0.15, -0.1) is 0 Å². The number of Topliss-reactive ketones (excluding diaryl/α,β-unsaturated/α-hetero) is 1. The molecule has 1 unspecified atom stereocenters. The number of benzene rings is 2. The molecule has 0 bridgehead atoms. The van der Waals surface area contributed by atoms with E-state index in [0.717, 1.165) is 10.9 Å². The Hall–Kier alpha value is -2.10. The molecule has 3 aromatic rings. The minimum atomic E-state index is -0.345. The number of rotatable bonds is 4. The molecule has 0 saturated carbocycles. The Morgan fingerprint density at radius 2 is 1.90 bits per heavy atom. The van der Waals surface area contributed by atoms with Gasteiger partial charge in [0, 0.05) is 17.8 Å². The zero-order chi connectivity index (χ0) is 14.8. The number of ketones is 1. The van der Waals surface area contributed by atoms with Gasteiger partial charge in [-0.3, -0.25) is 4.79 Å². The number of nitrogens with two attached hydrogens (primary N) is 1. The summed E-state index contributed by atoms with van der Waals surface area (Å²) < 4.78 is 5.56. The maximum absolute atomic E-state index is 12.3. The fourth-order valence-electron chi connectivity index (χ4n) is 2.28. The summed E-state index contributed by atoms with van der Waals surface area (Å²) in [5, 5.41) is 1.32. The molecule has 1 aromatic heterocycles. The Morgan fingerprint density at radius 3 is 2.62 bits per heavy atom. The zero-order valence-electron chi connectivity index (χ0n) is 11.3. The third-order valence-electron chi connectivity index (χ3n) is 3.40. The normalized spacial score (nSPS) is 12.5. The third kappa shape index (κ3) is 2.84. The lowest BCUT2D eigenvalue weighted by Gasteiger charge is -2.09. The second kappa shape index (κ2) is 5.72. The van der Waals surface area contributed by atoms with E-state index in [9.17, 15) is 4.79 Å². The molecule has 106 valence electrons. The van der Waals surface area contributed by atoms with Crippen LogP contribution in [0.15, 0.2) is 59.0 Å². The second-order valence-electron chi connectivity index (χ2n) is 4.91. The summed E-state index contributed by atoms with van der Waals surface area (Å²) in [7, 11) is 0. The van der Waals surface area contributed by atoms with E-state index in [2.05, 4.69) is 0 Å². The number of para-hydroxylation sites is 1. The van der Waals surface area contributed by atoms with E-state index >= 15 is 0 Å². The molecule has 0 saturated heterocycles. The van der Waals surface area contributed by atoms with Crippen molar-refractivity contribution < 1.29 is 9.21 Å². The molecule has 0 aliphatic carbocycles. The van der Waals surface area contributed by atoms with Crippen molar-refractivity contribution in [3.05, 3.63) is 70.9 Å². The van der Waals surface area contributed by atoms with Crippen LogP contribution in [0.25, 0.3) is 11.0 Å². The van der Waals surface area contributed by atoms with Crippen LogP contribution in [0.2, 0.25) is 5.02 Å². The van der Waals surface area contributed by atoms with Crippen molar-refractivity contribution in [2.75, 3.05) is 0 Å². The van der Waals surface area contributed by atoms with E-state index in [4.69, 9.17) is 21.8 Å². The maximum atomic E-state index is 12.3. The summed E-state index contributed by atoms with van der Waals surface area (Å²) in [6.45, 7) is 0. The first-order chi connectivity index (χ1) is 10.1. The van der Waals surface area contributed by atoms with E-state index in [1.807, 2.05) is 42.5 Å². The predicted molar refractivity (Wildman–Crippen MR) is 83.5 cm³/mol. The van der Waals surface area contributed by atoms with Gasteiger partial charge in [0.05, 0.1) is 5.02 Å². The van der Waals surface area contributed by atoms with Crippen LogP contribution in [0.5, 0.6) is 0 Å². The molecule has 2 aromatic carbocycles. The van der Waals surface area contributed by atoms with Gasteiger partial charge < -0.3 is 10.2 Å². The van der Waals surface area contributed by atoms with E-state index in [1.54, 1.807) is 12.1 Å². The maximum Gasteiger partial charge on any atom is 0.199 e. The van der Waals surface area contributed by atoms with Crippen molar-refractivity contribution in [3.63, 3.8) is 0 Å². The topological polar surface area (TPSA) is 56.2 Å². The summed E-state index contributed by atoms with van der Waals surface area (Å²) in [6.07, 6.45) is 0.196. The molecule has 0 amide bonds. The zero-order valence-corrected chi connectivity index (χ0v) is 12.0. The number of halogens is 1. The highest BCUT2D eigenvalue weighted by Crippen LogP contribution is 2.28. The minimum absolute atomic E-state index is 0.126. The van der Waals surface area contributed by atoms with Gasteiger partial charge in [-0.05, 0) is 17.7 Å². The van der Waals surface area contributed by atoms with Crippen LogP contribution in [0.4, 0.5) is 0 Å². The van der Waals surface area contributed by atoms with Crippen LogP contribution in [-0.2, 0) is 0 Å². The van der Waals surface area contributed by atoms with Crippen LogP contribution >= 0.6 is 11.6 Å². The number of hydrogen-bond donors (Lipinski definition) is 1. The van der Waals surface area contributed by atoms with E-state index in [0.29, 0.717) is 16.4 Å². The van der Waals surface area contributed by atoms with Crippen molar-refractivity contribution in [1.29, 1.82) is 0 Å². The van der Waals surface area contributed by atoms with Crippen molar-refractivity contribution >= 4 is 28.4 Å². The van der Waals surface area contributed by atoms with Crippen LogP contribution in [0.3, 0.4) is 0 Å². The van der Waals surface area contributed by atoms with E-state index in [1.165, 1.54) is 0 Å². The Kier molecular flexibility index (Phi) is 3.78. The largest absolute Gasteiger partial charge is 0.451 e. The first-order valence-corrected chi connectivity index (χ1v) is 7.05. The molecule has 1 atom stereocenters. The summed E-state index contributed by atoms with van der Waals surface area (Å²) in [5.74, 6) is 0.170. The Labute approximate surface area is 127 Å². The van der Waals surface area contributed by atoms with E-state index in [-0.39, 0.29) is 18.2 Å². The first kappa shape index (κ1) is 13.9. The summed E-state index contributed by atoms with van der Waals surface area (Å²) >= 11 is 6.05. The molecule has 0 radical (unpaired) electrons. The molecule has 4 heteroatoms. The molecule has 3 rings (SSSR count). The van der Waals surface area contributed by atoms with Crippen LogP contribution in [0.1, 0.15) is 28.6 Å². The van der Waals surface area contributed by atoms with Gasteiger partial charge in [0.2, 0.25) is 0 Å². The molecule has 0 aliphatic rings. The standard InChI is InChI=1S/C17H14ClNO2/c18-13-8-4-7-12-9-16(21-17(12)13)15(20)10-14(19)11-5-2-1-3-6-11/h1-9,14H,10,19H2. The predicted octanol–water partition coefficient (Wildman–Crippen LogP) is 4.36. The molecule has 3 nitrogen and oxygen atoms in total. The Bertz CT molecular complexity index is 780. The molecule has 2 N–H and O–H groups in total. The van der Waals surface area contributed by atoms with Gasteiger partial charge in [0.25, 0.3) is 0 Å². The van der Waals surface area contributed by atoms with Crippen molar-refractivity contribution in [2.24, 2.45) is 5.73 Å². The smallest absolute Gasteiger partial charge is 0.199 e. The summed E-state index contributed by atoms with van der Waals surface area (Å²) in [5.41, 5.74) is 7.54. The molecule has 0 fully saturated rings. The molecule has 21 heavy (non-hydrogen) atoms. The van der Waals surface area contributed by atoms with Crippen molar-refractivity contribution in [2.45, 2.75) is 12.5 Å². The Morgan fingerprint density at radius 1 is 1.14 bits per heavy atom. The number of carbonyl (C=O) groups is 1. The van der Waals surface area contributed by atoms with Gasteiger partial charge >= 0.3 is 0 Å².